The Kier molecular flexibility index (Phi) is 5.71. The summed E-state index contributed by atoms with van der Waals surface area (Å²) in [6, 6.07) is 14.1. The molecule has 0 spiro atoms. The number of thiazole rings is 1. The maximum atomic E-state index is 12.8. The summed E-state index contributed by atoms with van der Waals surface area (Å²) in [5.41, 5.74) is 1.80. The van der Waals surface area contributed by atoms with Gasteiger partial charge in [0.2, 0.25) is 0 Å². The van der Waals surface area contributed by atoms with Crippen LogP contribution in [0, 0.1) is 0 Å². The number of hydrogen-bond acceptors (Lipinski definition) is 5. The molecular formula is C20H20BrN3OS2. The molecule has 0 atom stereocenters. The highest BCUT2D eigenvalue weighted by Crippen LogP contribution is 2.31. The quantitative estimate of drug-likeness (QED) is 0.504. The molecule has 7 heteroatoms. The number of piperazine rings is 1. The molecule has 4 rings (SSSR count). The number of thioether (sulfide) groups is 1. The summed E-state index contributed by atoms with van der Waals surface area (Å²) in [4.78, 5) is 23.0. The summed E-state index contributed by atoms with van der Waals surface area (Å²) in [7, 11) is 0. The van der Waals surface area contributed by atoms with Gasteiger partial charge in [-0.3, -0.25) is 4.79 Å². The lowest BCUT2D eigenvalue weighted by atomic mass is 10.2. The van der Waals surface area contributed by atoms with Crippen LogP contribution in [-0.2, 0) is 0 Å². The molecular weight excluding hydrogens is 442 g/mol. The van der Waals surface area contributed by atoms with Crippen molar-refractivity contribution >= 4 is 60.3 Å². The molecule has 2 heterocycles. The van der Waals surface area contributed by atoms with Crippen LogP contribution in [0.1, 0.15) is 17.3 Å². The van der Waals surface area contributed by atoms with Crippen molar-refractivity contribution in [3.8, 4) is 0 Å². The van der Waals surface area contributed by atoms with E-state index < -0.39 is 0 Å². The minimum absolute atomic E-state index is 0.121. The van der Waals surface area contributed by atoms with Gasteiger partial charge < -0.3 is 9.80 Å². The van der Waals surface area contributed by atoms with E-state index in [0.29, 0.717) is 0 Å². The predicted molar refractivity (Wildman–Crippen MR) is 118 cm³/mol. The van der Waals surface area contributed by atoms with Gasteiger partial charge in [-0.15, -0.1) is 11.8 Å². The van der Waals surface area contributed by atoms with Crippen LogP contribution >= 0.6 is 39.0 Å². The second kappa shape index (κ2) is 8.20. The highest BCUT2D eigenvalue weighted by Gasteiger charge is 2.24. The summed E-state index contributed by atoms with van der Waals surface area (Å²) in [6.45, 7) is 5.22. The van der Waals surface area contributed by atoms with E-state index in [1.54, 1.807) is 23.1 Å². The smallest absolute Gasteiger partial charge is 0.253 e. The van der Waals surface area contributed by atoms with Crippen LogP contribution in [0.15, 0.2) is 51.8 Å². The first kappa shape index (κ1) is 18.8. The fraction of sp³-hybridized carbons (Fsp3) is 0.300. The number of fused-ring (bicyclic) bond motifs is 1. The van der Waals surface area contributed by atoms with Crippen LogP contribution in [0.4, 0.5) is 5.13 Å². The summed E-state index contributed by atoms with van der Waals surface area (Å²) in [5.74, 6) is 1.16. The average molecular weight is 462 g/mol. The van der Waals surface area contributed by atoms with Crippen LogP contribution in [0.2, 0.25) is 0 Å². The molecule has 0 aliphatic carbocycles. The number of rotatable bonds is 4. The third kappa shape index (κ3) is 4.15. The van der Waals surface area contributed by atoms with Gasteiger partial charge in [-0.1, -0.05) is 34.2 Å². The average Bonchev–Trinajstić information content (AvgIpc) is 3.11. The largest absolute Gasteiger partial charge is 0.345 e. The minimum atomic E-state index is 0.121. The number of aromatic nitrogens is 1. The molecule has 27 heavy (non-hydrogen) atoms. The van der Waals surface area contributed by atoms with Crippen LogP contribution < -0.4 is 4.90 Å². The molecule has 1 saturated heterocycles. The van der Waals surface area contributed by atoms with Crippen LogP contribution in [0.5, 0.6) is 0 Å². The monoisotopic (exact) mass is 461 g/mol. The molecule has 0 saturated carbocycles. The van der Waals surface area contributed by atoms with Gasteiger partial charge in [-0.05, 0) is 48.2 Å². The molecule has 2 aromatic carbocycles. The topological polar surface area (TPSA) is 36.4 Å². The number of carbonyl (C=O) groups is 1. The Morgan fingerprint density at radius 1 is 1.15 bits per heavy atom. The van der Waals surface area contributed by atoms with Crippen molar-refractivity contribution in [3.63, 3.8) is 0 Å². The molecule has 0 unspecified atom stereocenters. The summed E-state index contributed by atoms with van der Waals surface area (Å²) < 4.78 is 2.26. The highest BCUT2D eigenvalue weighted by molar-refractivity contribution is 9.10. The van der Waals surface area contributed by atoms with E-state index in [4.69, 9.17) is 4.98 Å². The van der Waals surface area contributed by atoms with Crippen LogP contribution in [0.25, 0.3) is 10.2 Å². The van der Waals surface area contributed by atoms with E-state index >= 15 is 0 Å². The zero-order valence-electron chi connectivity index (χ0n) is 15.0. The molecule has 1 fully saturated rings. The number of carbonyl (C=O) groups excluding carboxylic acids is 1. The van der Waals surface area contributed by atoms with E-state index in [1.165, 1.54) is 9.60 Å². The van der Waals surface area contributed by atoms with Crippen molar-refractivity contribution < 1.29 is 4.79 Å². The maximum Gasteiger partial charge on any atom is 0.253 e. The number of benzene rings is 2. The lowest BCUT2D eigenvalue weighted by Gasteiger charge is -2.34. The van der Waals surface area contributed by atoms with Crippen molar-refractivity contribution in [2.24, 2.45) is 0 Å². The van der Waals surface area contributed by atoms with Crippen molar-refractivity contribution in [3.05, 3.63) is 52.5 Å². The molecule has 1 aliphatic heterocycles. The zero-order chi connectivity index (χ0) is 18.8. The Balaban J connectivity index is 1.41. The van der Waals surface area contributed by atoms with Gasteiger partial charge in [-0.2, -0.15) is 0 Å². The lowest BCUT2D eigenvalue weighted by molar-refractivity contribution is 0.0746. The summed E-state index contributed by atoms with van der Waals surface area (Å²) in [6.07, 6.45) is 0. The van der Waals surface area contributed by atoms with E-state index in [-0.39, 0.29) is 5.91 Å². The van der Waals surface area contributed by atoms with Crippen molar-refractivity contribution in [1.29, 1.82) is 0 Å². The normalized spacial score (nSPS) is 14.7. The first-order valence-corrected chi connectivity index (χ1v) is 11.6. The molecule has 0 bridgehead atoms. The van der Waals surface area contributed by atoms with E-state index in [9.17, 15) is 4.79 Å². The third-order valence-corrected chi connectivity index (χ3v) is 7.06. The van der Waals surface area contributed by atoms with Crippen molar-refractivity contribution in [2.45, 2.75) is 11.8 Å². The predicted octanol–water partition coefficient (Wildman–Crippen LogP) is 5.13. The number of nitrogens with zero attached hydrogens (tertiary/aromatic N) is 3. The van der Waals surface area contributed by atoms with Crippen LogP contribution in [0.3, 0.4) is 0 Å². The number of halogens is 1. The lowest BCUT2D eigenvalue weighted by Crippen LogP contribution is -2.48. The Morgan fingerprint density at radius 2 is 1.89 bits per heavy atom. The Bertz CT molecular complexity index is 950. The Hall–Kier alpha value is -1.57. The van der Waals surface area contributed by atoms with Gasteiger partial charge in [-0.25, -0.2) is 4.98 Å². The first-order valence-electron chi connectivity index (χ1n) is 8.97. The van der Waals surface area contributed by atoms with Gasteiger partial charge in [0.15, 0.2) is 5.13 Å². The van der Waals surface area contributed by atoms with Crippen molar-refractivity contribution in [2.75, 3.05) is 36.8 Å². The summed E-state index contributed by atoms with van der Waals surface area (Å²) >= 11 is 7.02. The van der Waals surface area contributed by atoms with Gasteiger partial charge in [0.1, 0.15) is 0 Å². The second-order valence-electron chi connectivity index (χ2n) is 6.35. The van der Waals surface area contributed by atoms with Gasteiger partial charge in [0.05, 0.1) is 10.2 Å². The number of hydrogen-bond donors (Lipinski definition) is 0. The molecule has 4 nitrogen and oxygen atoms in total. The van der Waals surface area contributed by atoms with E-state index in [2.05, 4.69) is 33.8 Å². The fourth-order valence-corrected chi connectivity index (χ4v) is 5.40. The Labute approximate surface area is 175 Å². The SMILES string of the molecule is CCSc1ccc(C(=O)N2CCN(c3nc4ccc(Br)cc4s3)CC2)cc1. The molecule has 0 radical (unpaired) electrons. The zero-order valence-corrected chi connectivity index (χ0v) is 18.2. The third-order valence-electron chi connectivity index (χ3n) is 4.59. The van der Waals surface area contributed by atoms with E-state index in [0.717, 1.165) is 52.6 Å². The first-order chi connectivity index (χ1) is 13.1. The highest BCUT2D eigenvalue weighted by atomic mass is 79.9. The number of anilines is 1. The van der Waals surface area contributed by atoms with E-state index in [1.807, 2.05) is 41.3 Å². The van der Waals surface area contributed by atoms with Gasteiger partial charge in [0, 0.05) is 41.1 Å². The molecule has 1 amide bonds. The standard InChI is InChI=1S/C20H20BrN3OS2/c1-2-26-16-6-3-14(4-7-16)19(25)23-9-11-24(12-10-23)20-22-17-8-5-15(21)13-18(17)27-20/h3-8,13H,2,9-12H2,1H3. The maximum absolute atomic E-state index is 12.8. The molecule has 140 valence electrons. The van der Waals surface area contributed by atoms with Crippen molar-refractivity contribution in [1.82, 2.24) is 9.88 Å². The fourth-order valence-electron chi connectivity index (χ4n) is 3.17. The second-order valence-corrected chi connectivity index (χ2v) is 9.61. The molecule has 1 aliphatic rings. The minimum Gasteiger partial charge on any atom is -0.345 e. The van der Waals surface area contributed by atoms with Crippen LogP contribution in [-0.4, -0.2) is 47.7 Å². The number of amides is 1. The van der Waals surface area contributed by atoms with Gasteiger partial charge >= 0.3 is 0 Å². The molecule has 1 aromatic heterocycles. The molecule has 0 N–H and O–H groups in total. The molecule has 3 aromatic rings. The summed E-state index contributed by atoms with van der Waals surface area (Å²) in [5, 5.41) is 1.04. The van der Waals surface area contributed by atoms with Gasteiger partial charge in [0.25, 0.3) is 5.91 Å². The Morgan fingerprint density at radius 3 is 2.59 bits per heavy atom.